The number of carbonyl (C=O) groups excluding carboxylic acids is 2. The molecule has 0 atom stereocenters. The third-order valence-corrected chi connectivity index (χ3v) is 3.93. The van der Waals surface area contributed by atoms with E-state index in [1.165, 1.54) is 12.1 Å². The molecule has 0 fully saturated rings. The zero-order chi connectivity index (χ0) is 18.8. The van der Waals surface area contributed by atoms with Crippen molar-refractivity contribution in [1.82, 2.24) is 5.32 Å². The van der Waals surface area contributed by atoms with Gasteiger partial charge in [-0.15, -0.1) is 0 Å². The van der Waals surface area contributed by atoms with Crippen LogP contribution in [0.3, 0.4) is 0 Å². The minimum absolute atomic E-state index is 0.149. The molecule has 3 N–H and O–H groups in total. The van der Waals surface area contributed by atoms with E-state index in [2.05, 4.69) is 10.6 Å². The first kappa shape index (κ1) is 17.3. The Hall–Kier alpha value is -3.48. The van der Waals surface area contributed by atoms with Crippen LogP contribution in [0.2, 0.25) is 0 Å². The quantitative estimate of drug-likeness (QED) is 0.647. The van der Waals surface area contributed by atoms with E-state index in [1.807, 2.05) is 0 Å². The molecule has 3 aromatic rings. The zero-order valence-electron chi connectivity index (χ0n) is 13.6. The van der Waals surface area contributed by atoms with Crippen LogP contribution in [-0.4, -0.2) is 17.0 Å². The van der Waals surface area contributed by atoms with Crippen LogP contribution in [0.25, 0.3) is 10.8 Å². The minimum atomic E-state index is -0.950. The number of rotatable bonds is 2. The van der Waals surface area contributed by atoms with E-state index in [0.29, 0.717) is 11.6 Å². The highest BCUT2D eigenvalue weighted by Gasteiger charge is 2.14. The van der Waals surface area contributed by atoms with Gasteiger partial charge in [0.2, 0.25) is 0 Å². The number of nitrogens with one attached hydrogen (secondary N) is 2. The lowest BCUT2D eigenvalue weighted by Crippen LogP contribution is -2.34. The van der Waals surface area contributed by atoms with Crippen LogP contribution in [0, 0.1) is 18.6 Å². The Bertz CT molecular complexity index is 1030. The number of anilines is 1. The van der Waals surface area contributed by atoms with Crippen molar-refractivity contribution in [1.29, 1.82) is 0 Å². The van der Waals surface area contributed by atoms with E-state index in [9.17, 15) is 23.5 Å². The number of fused-ring (bicyclic) bond motifs is 1. The third kappa shape index (κ3) is 3.46. The highest BCUT2D eigenvalue weighted by atomic mass is 19.1. The maximum Gasteiger partial charge on any atom is 0.326 e. The van der Waals surface area contributed by atoms with Gasteiger partial charge in [0.05, 0.1) is 5.69 Å². The van der Waals surface area contributed by atoms with Gasteiger partial charge in [0.1, 0.15) is 17.4 Å². The predicted octanol–water partition coefficient (Wildman–Crippen LogP) is 4.09. The lowest BCUT2D eigenvalue weighted by molar-refractivity contribution is 0.0967. The maximum atomic E-state index is 13.5. The van der Waals surface area contributed by atoms with Gasteiger partial charge in [-0.2, -0.15) is 0 Å². The fourth-order valence-corrected chi connectivity index (χ4v) is 2.53. The first-order valence-electron chi connectivity index (χ1n) is 7.65. The number of carbonyl (C=O) groups is 2. The van der Waals surface area contributed by atoms with Gasteiger partial charge in [0, 0.05) is 11.6 Å². The number of hydrogen-bond donors (Lipinski definition) is 3. The molecule has 26 heavy (non-hydrogen) atoms. The molecule has 3 aromatic carbocycles. The molecule has 3 rings (SSSR count). The van der Waals surface area contributed by atoms with Crippen LogP contribution in [0.15, 0.2) is 48.5 Å². The van der Waals surface area contributed by atoms with Crippen LogP contribution in [0.5, 0.6) is 5.75 Å². The summed E-state index contributed by atoms with van der Waals surface area (Å²) in [5, 5.41) is 15.4. The number of amides is 3. The van der Waals surface area contributed by atoms with Gasteiger partial charge in [-0.05, 0) is 53.6 Å². The van der Waals surface area contributed by atoms with Crippen molar-refractivity contribution in [3.8, 4) is 5.75 Å². The average Bonchev–Trinajstić information content (AvgIpc) is 2.60. The summed E-state index contributed by atoms with van der Waals surface area (Å²) in [6, 6.07) is 9.64. The number of phenolic OH excluding ortho intramolecular Hbond substituents is 1. The second kappa shape index (κ2) is 6.79. The Kier molecular flexibility index (Phi) is 4.53. The van der Waals surface area contributed by atoms with Crippen LogP contribution >= 0.6 is 0 Å². The number of benzene rings is 3. The van der Waals surface area contributed by atoms with Crippen molar-refractivity contribution in [2.24, 2.45) is 0 Å². The predicted molar refractivity (Wildman–Crippen MR) is 93.2 cm³/mol. The molecule has 0 saturated carbocycles. The van der Waals surface area contributed by atoms with E-state index in [4.69, 9.17) is 0 Å². The highest BCUT2D eigenvalue weighted by molar-refractivity contribution is 6.09. The van der Waals surface area contributed by atoms with Crippen LogP contribution in [0.1, 0.15) is 15.9 Å². The number of aromatic hydroxyl groups is 1. The smallest absolute Gasteiger partial charge is 0.326 e. The first-order valence-corrected chi connectivity index (χ1v) is 7.65. The van der Waals surface area contributed by atoms with Crippen molar-refractivity contribution < 1.29 is 23.5 Å². The Labute approximate surface area is 147 Å². The summed E-state index contributed by atoms with van der Waals surface area (Å²) in [7, 11) is 0. The molecule has 0 aromatic heterocycles. The molecular weight excluding hydrogens is 342 g/mol. The second-order valence-electron chi connectivity index (χ2n) is 5.68. The summed E-state index contributed by atoms with van der Waals surface area (Å²) in [6.07, 6.45) is 0. The van der Waals surface area contributed by atoms with E-state index < -0.39 is 23.6 Å². The van der Waals surface area contributed by atoms with Crippen molar-refractivity contribution >= 4 is 28.4 Å². The minimum Gasteiger partial charge on any atom is -0.508 e. The average molecular weight is 356 g/mol. The lowest BCUT2D eigenvalue weighted by atomic mass is 10.0. The van der Waals surface area contributed by atoms with Crippen LogP contribution < -0.4 is 10.6 Å². The molecule has 3 amide bonds. The molecule has 0 heterocycles. The number of imide groups is 1. The number of aryl methyl sites for hydroxylation is 1. The molecule has 7 heteroatoms. The van der Waals surface area contributed by atoms with Crippen molar-refractivity contribution in [2.75, 3.05) is 5.32 Å². The molecule has 0 aliphatic heterocycles. The Morgan fingerprint density at radius 2 is 1.77 bits per heavy atom. The second-order valence-corrected chi connectivity index (χ2v) is 5.68. The molecule has 0 spiro atoms. The Morgan fingerprint density at radius 3 is 2.50 bits per heavy atom. The van der Waals surface area contributed by atoms with Gasteiger partial charge in [-0.25, -0.2) is 13.6 Å². The lowest BCUT2D eigenvalue weighted by Gasteiger charge is -2.09. The molecule has 0 bridgehead atoms. The standard InChI is InChI=1S/C19H14F2N2O3/c1-10-14-5-2-12(8-11(14)3-7-17(10)24)18(25)23-19(26)22-16-6-4-13(20)9-15(16)21/h2-9,24H,1H3,(H2,22,23,25,26). The van der Waals surface area contributed by atoms with Gasteiger partial charge in [-0.1, -0.05) is 12.1 Å². The van der Waals surface area contributed by atoms with Crippen LogP contribution in [-0.2, 0) is 0 Å². The Balaban J connectivity index is 1.76. The largest absolute Gasteiger partial charge is 0.508 e. The molecule has 0 saturated heterocycles. The summed E-state index contributed by atoms with van der Waals surface area (Å²) < 4.78 is 26.4. The van der Waals surface area contributed by atoms with Gasteiger partial charge >= 0.3 is 6.03 Å². The van der Waals surface area contributed by atoms with Crippen molar-refractivity contribution in [3.63, 3.8) is 0 Å². The van der Waals surface area contributed by atoms with Crippen LogP contribution in [0.4, 0.5) is 19.3 Å². The summed E-state index contributed by atoms with van der Waals surface area (Å²) in [4.78, 5) is 24.1. The topological polar surface area (TPSA) is 78.4 Å². The summed E-state index contributed by atoms with van der Waals surface area (Å²) in [5.41, 5.74) is 0.651. The van der Waals surface area contributed by atoms with Crippen molar-refractivity contribution in [3.05, 3.63) is 71.3 Å². The van der Waals surface area contributed by atoms with E-state index in [-0.39, 0.29) is 17.0 Å². The summed E-state index contributed by atoms with van der Waals surface area (Å²) in [5.74, 6) is -2.26. The first-order chi connectivity index (χ1) is 12.3. The number of phenols is 1. The van der Waals surface area contributed by atoms with Gasteiger partial charge in [0.25, 0.3) is 5.91 Å². The number of urea groups is 1. The fraction of sp³-hybridized carbons (Fsp3) is 0.0526. The molecule has 0 aliphatic rings. The monoisotopic (exact) mass is 356 g/mol. The maximum absolute atomic E-state index is 13.5. The van der Waals surface area contributed by atoms with E-state index >= 15 is 0 Å². The normalized spacial score (nSPS) is 10.6. The Morgan fingerprint density at radius 1 is 1.00 bits per heavy atom. The van der Waals surface area contributed by atoms with Gasteiger partial charge in [-0.3, -0.25) is 10.1 Å². The van der Waals surface area contributed by atoms with E-state index in [0.717, 1.165) is 22.9 Å². The van der Waals surface area contributed by atoms with E-state index in [1.54, 1.807) is 25.1 Å². The molecule has 0 aliphatic carbocycles. The molecule has 0 radical (unpaired) electrons. The zero-order valence-corrected chi connectivity index (χ0v) is 13.6. The molecular formula is C19H14F2N2O3. The van der Waals surface area contributed by atoms with Gasteiger partial charge in [0.15, 0.2) is 0 Å². The number of hydrogen-bond acceptors (Lipinski definition) is 3. The molecule has 5 nitrogen and oxygen atoms in total. The highest BCUT2D eigenvalue weighted by Crippen LogP contribution is 2.26. The third-order valence-electron chi connectivity index (χ3n) is 3.93. The number of halogens is 2. The SMILES string of the molecule is Cc1c(O)ccc2cc(C(=O)NC(=O)Nc3ccc(F)cc3F)ccc12. The fourth-order valence-electron chi connectivity index (χ4n) is 2.53. The van der Waals surface area contributed by atoms with Crippen molar-refractivity contribution in [2.45, 2.75) is 6.92 Å². The molecule has 0 unspecified atom stereocenters. The molecule has 132 valence electrons. The van der Waals surface area contributed by atoms with Gasteiger partial charge < -0.3 is 10.4 Å². The summed E-state index contributed by atoms with van der Waals surface area (Å²) in [6.45, 7) is 1.75. The summed E-state index contributed by atoms with van der Waals surface area (Å²) >= 11 is 0.